The van der Waals surface area contributed by atoms with E-state index in [-0.39, 0.29) is 5.82 Å². The molecule has 0 saturated heterocycles. The lowest BCUT2D eigenvalue weighted by atomic mass is 10.1. The molecule has 102 valence electrons. The fourth-order valence-electron chi connectivity index (χ4n) is 2.41. The van der Waals surface area contributed by atoms with E-state index in [2.05, 4.69) is 0 Å². The Hall–Kier alpha value is -2.49. The lowest BCUT2D eigenvalue weighted by Crippen LogP contribution is -1.95. The zero-order chi connectivity index (χ0) is 14.1. The summed E-state index contributed by atoms with van der Waals surface area (Å²) < 4.78 is 20.7. The third-order valence-electron chi connectivity index (χ3n) is 3.31. The number of hydrogen-bond acceptors (Lipinski definition) is 2. The van der Waals surface area contributed by atoms with Gasteiger partial charge in [-0.25, -0.2) is 4.39 Å². The molecular weight excluding hydrogens is 255 g/mol. The molecule has 0 fully saturated rings. The topological polar surface area (TPSA) is 40.2 Å². The molecule has 2 N–H and O–H groups in total. The van der Waals surface area contributed by atoms with Gasteiger partial charge >= 0.3 is 0 Å². The van der Waals surface area contributed by atoms with E-state index in [9.17, 15) is 4.39 Å². The summed E-state index contributed by atoms with van der Waals surface area (Å²) in [6.45, 7) is 0.379. The molecule has 0 spiro atoms. The number of halogens is 1. The van der Waals surface area contributed by atoms with E-state index in [1.54, 1.807) is 12.1 Å². The van der Waals surface area contributed by atoms with Gasteiger partial charge in [0.1, 0.15) is 18.2 Å². The third-order valence-corrected chi connectivity index (χ3v) is 3.31. The fourth-order valence-corrected chi connectivity index (χ4v) is 2.41. The van der Waals surface area contributed by atoms with Gasteiger partial charge in [-0.3, -0.25) is 0 Å². The molecule has 0 unspecified atom stereocenters. The molecule has 20 heavy (non-hydrogen) atoms. The molecule has 0 radical (unpaired) electrons. The average Bonchev–Trinajstić information content (AvgIpc) is 2.75. The minimum atomic E-state index is -0.301. The zero-order valence-electron chi connectivity index (χ0n) is 11.1. The summed E-state index contributed by atoms with van der Waals surface area (Å²) in [6, 6.07) is 11.9. The zero-order valence-corrected chi connectivity index (χ0v) is 11.1. The van der Waals surface area contributed by atoms with Gasteiger partial charge in [0.05, 0.1) is 11.2 Å². The number of benzene rings is 2. The van der Waals surface area contributed by atoms with Gasteiger partial charge in [0.2, 0.25) is 0 Å². The van der Waals surface area contributed by atoms with Gasteiger partial charge in [-0.15, -0.1) is 0 Å². The molecule has 3 nitrogen and oxygen atoms in total. The van der Waals surface area contributed by atoms with Crippen LogP contribution >= 0.6 is 0 Å². The molecule has 0 atom stereocenters. The minimum Gasteiger partial charge on any atom is -0.489 e. The number of rotatable bonds is 3. The average molecular weight is 270 g/mol. The number of ether oxygens (including phenoxy) is 1. The predicted molar refractivity (Wildman–Crippen MR) is 78.1 cm³/mol. The molecule has 4 heteroatoms. The summed E-state index contributed by atoms with van der Waals surface area (Å²) >= 11 is 0. The largest absolute Gasteiger partial charge is 0.489 e. The number of nitrogens with two attached hydrogens (primary N) is 1. The third kappa shape index (κ3) is 2.20. The Labute approximate surface area is 116 Å². The van der Waals surface area contributed by atoms with Crippen molar-refractivity contribution >= 4 is 16.6 Å². The maximum absolute atomic E-state index is 13.1. The van der Waals surface area contributed by atoms with Crippen LogP contribution in [0.15, 0.2) is 48.7 Å². The SMILES string of the molecule is Cn1cc(COc2cccc(F)c2)c2cccc(N)c21. The highest BCUT2D eigenvalue weighted by Gasteiger charge is 2.09. The van der Waals surface area contributed by atoms with Gasteiger partial charge < -0.3 is 15.0 Å². The van der Waals surface area contributed by atoms with E-state index in [0.717, 1.165) is 22.2 Å². The summed E-state index contributed by atoms with van der Waals surface area (Å²) in [5.41, 5.74) is 8.74. The van der Waals surface area contributed by atoms with Crippen molar-refractivity contribution in [2.45, 2.75) is 6.61 Å². The Morgan fingerprint density at radius 2 is 2.00 bits per heavy atom. The van der Waals surface area contributed by atoms with Gasteiger partial charge in [-0.05, 0) is 18.2 Å². The van der Waals surface area contributed by atoms with Crippen molar-refractivity contribution < 1.29 is 9.13 Å². The molecular formula is C16H15FN2O. The number of aryl methyl sites for hydroxylation is 1. The van der Waals surface area contributed by atoms with Crippen LogP contribution < -0.4 is 10.5 Å². The van der Waals surface area contributed by atoms with Crippen molar-refractivity contribution in [3.8, 4) is 5.75 Å². The molecule has 0 aliphatic carbocycles. The maximum atomic E-state index is 13.1. The van der Waals surface area contributed by atoms with Crippen LogP contribution in [0.5, 0.6) is 5.75 Å². The van der Waals surface area contributed by atoms with E-state index in [1.165, 1.54) is 12.1 Å². The Morgan fingerprint density at radius 3 is 2.80 bits per heavy atom. The van der Waals surface area contributed by atoms with Crippen molar-refractivity contribution in [2.24, 2.45) is 7.05 Å². The maximum Gasteiger partial charge on any atom is 0.126 e. The van der Waals surface area contributed by atoms with Crippen LogP contribution in [-0.2, 0) is 13.7 Å². The molecule has 0 bridgehead atoms. The van der Waals surface area contributed by atoms with Crippen LogP contribution in [0.3, 0.4) is 0 Å². The first-order valence-corrected chi connectivity index (χ1v) is 6.36. The lowest BCUT2D eigenvalue weighted by Gasteiger charge is -2.05. The first-order valence-electron chi connectivity index (χ1n) is 6.36. The number of hydrogen-bond donors (Lipinski definition) is 1. The van der Waals surface area contributed by atoms with E-state index in [1.807, 2.05) is 36.0 Å². The van der Waals surface area contributed by atoms with E-state index < -0.39 is 0 Å². The predicted octanol–water partition coefficient (Wildman–Crippen LogP) is 3.48. The molecule has 0 aliphatic heterocycles. The van der Waals surface area contributed by atoms with E-state index >= 15 is 0 Å². The second-order valence-electron chi connectivity index (χ2n) is 4.75. The van der Waals surface area contributed by atoms with Gasteiger partial charge in [-0.1, -0.05) is 18.2 Å². The van der Waals surface area contributed by atoms with Crippen molar-refractivity contribution in [1.29, 1.82) is 0 Å². The second kappa shape index (κ2) is 4.89. The van der Waals surface area contributed by atoms with Gasteiger partial charge in [0, 0.05) is 30.3 Å². The molecule has 3 rings (SSSR count). The van der Waals surface area contributed by atoms with Crippen molar-refractivity contribution in [3.05, 3.63) is 60.0 Å². The monoisotopic (exact) mass is 270 g/mol. The summed E-state index contributed by atoms with van der Waals surface area (Å²) in [6.07, 6.45) is 1.99. The van der Waals surface area contributed by atoms with E-state index in [0.29, 0.717) is 12.4 Å². The Bertz CT molecular complexity index is 764. The van der Waals surface area contributed by atoms with Gasteiger partial charge in [-0.2, -0.15) is 0 Å². The van der Waals surface area contributed by atoms with Crippen molar-refractivity contribution in [1.82, 2.24) is 4.57 Å². The van der Waals surface area contributed by atoms with Crippen LogP contribution in [0.1, 0.15) is 5.56 Å². The summed E-state index contributed by atoms with van der Waals surface area (Å²) in [4.78, 5) is 0. The molecule has 0 amide bonds. The normalized spacial score (nSPS) is 10.9. The number of para-hydroxylation sites is 1. The first-order chi connectivity index (χ1) is 9.65. The molecule has 1 aromatic heterocycles. The highest BCUT2D eigenvalue weighted by Crippen LogP contribution is 2.26. The number of nitrogens with zero attached hydrogens (tertiary/aromatic N) is 1. The molecule has 3 aromatic rings. The quantitative estimate of drug-likeness (QED) is 0.740. The Balaban J connectivity index is 1.90. The summed E-state index contributed by atoms with van der Waals surface area (Å²) in [5.74, 6) is 0.218. The molecule has 1 heterocycles. The second-order valence-corrected chi connectivity index (χ2v) is 4.75. The number of anilines is 1. The lowest BCUT2D eigenvalue weighted by molar-refractivity contribution is 0.306. The van der Waals surface area contributed by atoms with Crippen LogP contribution in [0.4, 0.5) is 10.1 Å². The van der Waals surface area contributed by atoms with Crippen molar-refractivity contribution in [2.75, 3.05) is 5.73 Å². The summed E-state index contributed by atoms with van der Waals surface area (Å²) in [7, 11) is 1.95. The van der Waals surface area contributed by atoms with E-state index in [4.69, 9.17) is 10.5 Å². The number of fused-ring (bicyclic) bond motifs is 1. The van der Waals surface area contributed by atoms with Gasteiger partial charge in [0.15, 0.2) is 0 Å². The van der Waals surface area contributed by atoms with Crippen molar-refractivity contribution in [3.63, 3.8) is 0 Å². The van der Waals surface area contributed by atoms with Crippen LogP contribution in [0.2, 0.25) is 0 Å². The smallest absolute Gasteiger partial charge is 0.126 e. The molecule has 2 aromatic carbocycles. The fraction of sp³-hybridized carbons (Fsp3) is 0.125. The molecule has 0 saturated carbocycles. The van der Waals surface area contributed by atoms with Crippen LogP contribution in [-0.4, -0.2) is 4.57 Å². The highest BCUT2D eigenvalue weighted by atomic mass is 19.1. The number of aromatic nitrogens is 1. The van der Waals surface area contributed by atoms with Crippen LogP contribution in [0, 0.1) is 5.82 Å². The first kappa shape index (κ1) is 12.5. The van der Waals surface area contributed by atoms with Gasteiger partial charge in [0.25, 0.3) is 0 Å². The standard InChI is InChI=1S/C16H15FN2O/c1-19-9-11(14-6-3-7-15(18)16(14)19)10-20-13-5-2-4-12(17)8-13/h2-9H,10,18H2,1H3. The summed E-state index contributed by atoms with van der Waals surface area (Å²) in [5, 5.41) is 1.06. The minimum absolute atomic E-state index is 0.301. The molecule has 0 aliphatic rings. The Kier molecular flexibility index (Phi) is 3.06. The highest BCUT2D eigenvalue weighted by molar-refractivity contribution is 5.93. The number of nitrogen functional groups attached to an aromatic ring is 1. The van der Waals surface area contributed by atoms with Crippen LogP contribution in [0.25, 0.3) is 10.9 Å². The Morgan fingerprint density at radius 1 is 1.20 bits per heavy atom.